The van der Waals surface area contributed by atoms with Crippen LogP contribution in [0.15, 0.2) is 18.2 Å². The van der Waals surface area contributed by atoms with Crippen LogP contribution in [0.25, 0.3) is 0 Å². The Morgan fingerprint density at radius 1 is 1.31 bits per heavy atom. The van der Waals surface area contributed by atoms with Gasteiger partial charge >= 0.3 is 0 Å². The van der Waals surface area contributed by atoms with Gasteiger partial charge in [0.15, 0.2) is 0 Å². The maximum Gasteiger partial charge on any atom is 0.222 e. The summed E-state index contributed by atoms with van der Waals surface area (Å²) >= 11 is 11.9. The summed E-state index contributed by atoms with van der Waals surface area (Å²) in [5.74, 6) is 0.0426. The molecule has 1 fully saturated rings. The molecule has 2 nitrogen and oxygen atoms in total. The van der Waals surface area contributed by atoms with Crippen LogP contribution in [-0.4, -0.2) is 5.91 Å². The second-order valence-electron chi connectivity index (χ2n) is 2.96. The quantitative estimate of drug-likeness (QED) is 0.718. The van der Waals surface area contributed by atoms with Gasteiger partial charge in [0, 0.05) is 15.6 Å². The van der Waals surface area contributed by atoms with Crippen LogP contribution in [0, 0.1) is 0 Å². The number of rotatable bonds is 1. The minimum Gasteiger partial charge on any atom is -0.349 e. The van der Waals surface area contributed by atoms with Crippen LogP contribution in [-0.2, 0) is 4.79 Å². The van der Waals surface area contributed by atoms with Crippen molar-refractivity contribution in [2.24, 2.45) is 0 Å². The molecule has 1 aromatic rings. The molecule has 1 atom stereocenters. The largest absolute Gasteiger partial charge is 0.349 e. The lowest BCUT2D eigenvalue weighted by Crippen LogP contribution is -2.41. The van der Waals surface area contributed by atoms with E-state index in [0.717, 1.165) is 5.56 Å². The Morgan fingerprint density at radius 3 is 2.31 bits per heavy atom. The SMILES string of the molecule is O=C1CC(c2c(Cl)cccc2Cl)N1. The van der Waals surface area contributed by atoms with Gasteiger partial charge in [-0.1, -0.05) is 29.3 Å². The summed E-state index contributed by atoms with van der Waals surface area (Å²) in [4.78, 5) is 10.7. The summed E-state index contributed by atoms with van der Waals surface area (Å²) < 4.78 is 0. The highest BCUT2D eigenvalue weighted by Gasteiger charge is 2.29. The van der Waals surface area contributed by atoms with Crippen LogP contribution in [0.4, 0.5) is 0 Å². The molecule has 0 radical (unpaired) electrons. The topological polar surface area (TPSA) is 29.1 Å². The highest BCUT2D eigenvalue weighted by Crippen LogP contribution is 2.35. The fourth-order valence-electron chi connectivity index (χ4n) is 1.38. The van der Waals surface area contributed by atoms with E-state index in [0.29, 0.717) is 16.5 Å². The first-order chi connectivity index (χ1) is 6.18. The molecule has 1 N–H and O–H groups in total. The van der Waals surface area contributed by atoms with Crippen molar-refractivity contribution in [2.45, 2.75) is 12.5 Å². The van der Waals surface area contributed by atoms with E-state index in [-0.39, 0.29) is 11.9 Å². The molecule has 1 aliphatic rings. The number of carbonyl (C=O) groups excluding carboxylic acids is 1. The van der Waals surface area contributed by atoms with E-state index in [1.807, 2.05) is 0 Å². The second-order valence-corrected chi connectivity index (χ2v) is 3.77. The summed E-state index contributed by atoms with van der Waals surface area (Å²) in [6.45, 7) is 0. The number of hydrogen-bond acceptors (Lipinski definition) is 1. The van der Waals surface area contributed by atoms with Gasteiger partial charge in [0.1, 0.15) is 0 Å². The number of carbonyl (C=O) groups is 1. The molecule has 2 rings (SSSR count). The second kappa shape index (κ2) is 3.20. The number of hydrogen-bond donors (Lipinski definition) is 1. The van der Waals surface area contributed by atoms with Crippen LogP contribution in [0.2, 0.25) is 10.0 Å². The standard InChI is InChI=1S/C9H7Cl2NO/c10-5-2-1-3-6(11)9(5)7-4-8(13)12-7/h1-3,7H,4H2,(H,12,13). The summed E-state index contributed by atoms with van der Waals surface area (Å²) in [7, 11) is 0. The van der Waals surface area contributed by atoms with Crippen LogP contribution in [0.5, 0.6) is 0 Å². The molecule has 1 saturated heterocycles. The molecule has 0 bridgehead atoms. The average molecular weight is 216 g/mol. The average Bonchev–Trinajstić information content (AvgIpc) is 2.00. The van der Waals surface area contributed by atoms with Gasteiger partial charge in [-0.3, -0.25) is 4.79 Å². The number of amides is 1. The van der Waals surface area contributed by atoms with Crippen molar-refractivity contribution in [1.29, 1.82) is 0 Å². The monoisotopic (exact) mass is 215 g/mol. The van der Waals surface area contributed by atoms with Crippen molar-refractivity contribution in [3.63, 3.8) is 0 Å². The van der Waals surface area contributed by atoms with Crippen molar-refractivity contribution in [2.75, 3.05) is 0 Å². The molecule has 0 saturated carbocycles. The molecule has 1 amide bonds. The van der Waals surface area contributed by atoms with E-state index in [1.165, 1.54) is 0 Å². The zero-order chi connectivity index (χ0) is 9.42. The number of benzene rings is 1. The zero-order valence-electron chi connectivity index (χ0n) is 6.68. The maximum atomic E-state index is 10.7. The molecule has 0 aromatic heterocycles. The molecule has 13 heavy (non-hydrogen) atoms. The smallest absolute Gasteiger partial charge is 0.222 e. The first kappa shape index (κ1) is 8.85. The lowest BCUT2D eigenvalue weighted by Gasteiger charge is -2.28. The minimum absolute atomic E-state index is 0.00583. The Kier molecular flexibility index (Phi) is 2.18. The summed E-state index contributed by atoms with van der Waals surface area (Å²) in [5, 5.41) is 3.95. The minimum atomic E-state index is -0.00583. The Morgan fingerprint density at radius 2 is 1.85 bits per heavy atom. The molecule has 1 aliphatic heterocycles. The van der Waals surface area contributed by atoms with Gasteiger partial charge in [-0.15, -0.1) is 0 Å². The zero-order valence-corrected chi connectivity index (χ0v) is 8.19. The van der Waals surface area contributed by atoms with Gasteiger partial charge in [-0.05, 0) is 12.1 Å². The van der Waals surface area contributed by atoms with Gasteiger partial charge in [-0.2, -0.15) is 0 Å². The molecule has 1 aromatic carbocycles. The van der Waals surface area contributed by atoms with Crippen LogP contribution < -0.4 is 5.32 Å². The first-order valence-electron chi connectivity index (χ1n) is 3.92. The Bertz CT molecular complexity index is 336. The van der Waals surface area contributed by atoms with Crippen LogP contribution >= 0.6 is 23.2 Å². The predicted molar refractivity (Wildman–Crippen MR) is 52.0 cm³/mol. The first-order valence-corrected chi connectivity index (χ1v) is 4.67. The molecule has 0 spiro atoms. The lowest BCUT2D eigenvalue weighted by atomic mass is 9.97. The number of halogens is 2. The van der Waals surface area contributed by atoms with Crippen molar-refractivity contribution in [3.05, 3.63) is 33.8 Å². The van der Waals surface area contributed by atoms with E-state index in [2.05, 4.69) is 5.32 Å². The van der Waals surface area contributed by atoms with Gasteiger partial charge in [0.2, 0.25) is 5.91 Å². The molecule has 1 heterocycles. The summed E-state index contributed by atoms with van der Waals surface area (Å²) in [6.07, 6.45) is 0.476. The van der Waals surface area contributed by atoms with E-state index in [4.69, 9.17) is 23.2 Å². The molecule has 0 aliphatic carbocycles. The number of β-lactam (4-membered cyclic amide) rings is 1. The third-order valence-corrected chi connectivity index (χ3v) is 2.73. The highest BCUT2D eigenvalue weighted by atomic mass is 35.5. The van der Waals surface area contributed by atoms with Gasteiger partial charge in [0.05, 0.1) is 12.5 Å². The molecule has 1 unspecified atom stereocenters. The fourth-order valence-corrected chi connectivity index (χ4v) is 2.04. The van der Waals surface area contributed by atoms with Gasteiger partial charge in [-0.25, -0.2) is 0 Å². The predicted octanol–water partition coefficient (Wildman–Crippen LogP) is 2.55. The summed E-state index contributed by atoms with van der Waals surface area (Å²) in [6, 6.07) is 5.32. The van der Waals surface area contributed by atoms with Crippen molar-refractivity contribution in [1.82, 2.24) is 5.32 Å². The van der Waals surface area contributed by atoms with Gasteiger partial charge < -0.3 is 5.32 Å². The van der Waals surface area contributed by atoms with Crippen LogP contribution in [0.1, 0.15) is 18.0 Å². The van der Waals surface area contributed by atoms with E-state index >= 15 is 0 Å². The van der Waals surface area contributed by atoms with Gasteiger partial charge in [0.25, 0.3) is 0 Å². The van der Waals surface area contributed by atoms with E-state index < -0.39 is 0 Å². The third-order valence-electron chi connectivity index (χ3n) is 2.07. The van der Waals surface area contributed by atoms with E-state index in [1.54, 1.807) is 18.2 Å². The fraction of sp³-hybridized carbons (Fsp3) is 0.222. The Balaban J connectivity index is 2.34. The molecular formula is C9H7Cl2NO. The van der Waals surface area contributed by atoms with E-state index in [9.17, 15) is 4.79 Å². The Labute approximate surface area is 85.8 Å². The molecular weight excluding hydrogens is 209 g/mol. The highest BCUT2D eigenvalue weighted by molar-refractivity contribution is 6.36. The van der Waals surface area contributed by atoms with Crippen molar-refractivity contribution < 1.29 is 4.79 Å². The lowest BCUT2D eigenvalue weighted by molar-refractivity contribution is -0.128. The summed E-state index contributed by atoms with van der Waals surface area (Å²) in [5.41, 5.74) is 0.824. The molecule has 68 valence electrons. The Hall–Kier alpha value is -0.730. The van der Waals surface area contributed by atoms with Crippen molar-refractivity contribution >= 4 is 29.1 Å². The normalized spacial score (nSPS) is 20.8. The number of nitrogens with one attached hydrogen (secondary N) is 1. The third kappa shape index (κ3) is 1.52. The maximum absolute atomic E-state index is 10.7. The van der Waals surface area contributed by atoms with Crippen molar-refractivity contribution in [3.8, 4) is 0 Å². The van der Waals surface area contributed by atoms with Crippen LogP contribution in [0.3, 0.4) is 0 Å². The molecule has 4 heteroatoms.